The summed E-state index contributed by atoms with van der Waals surface area (Å²) in [6, 6.07) is 19.9. The highest BCUT2D eigenvalue weighted by molar-refractivity contribution is 5.85. The van der Waals surface area contributed by atoms with Crippen LogP contribution in [-0.4, -0.2) is 53.5 Å². The second-order valence-corrected chi connectivity index (χ2v) is 8.45. The van der Waals surface area contributed by atoms with E-state index in [9.17, 15) is 14.7 Å². The fourth-order valence-electron chi connectivity index (χ4n) is 5.22. The summed E-state index contributed by atoms with van der Waals surface area (Å²) in [6.07, 6.45) is 2.65. The number of amides is 1. The molecule has 2 aromatic carbocycles. The number of carboxylic acid groups (broad SMARTS) is 1. The summed E-state index contributed by atoms with van der Waals surface area (Å²) in [7, 11) is 1.84. The highest BCUT2D eigenvalue weighted by atomic mass is 35.5. The van der Waals surface area contributed by atoms with Crippen LogP contribution in [0.3, 0.4) is 0 Å². The van der Waals surface area contributed by atoms with Gasteiger partial charge in [0.05, 0.1) is 18.0 Å². The molecular formula is C24H29ClN2O3. The first-order valence-corrected chi connectivity index (χ1v) is 10.3. The summed E-state index contributed by atoms with van der Waals surface area (Å²) >= 11 is 0. The fourth-order valence-corrected chi connectivity index (χ4v) is 5.22. The Bertz CT molecular complexity index is 837. The summed E-state index contributed by atoms with van der Waals surface area (Å²) in [5, 5.41) is 9.80. The van der Waals surface area contributed by atoms with E-state index in [2.05, 4.69) is 0 Å². The molecule has 0 radical (unpaired) electrons. The van der Waals surface area contributed by atoms with Crippen LogP contribution in [0.15, 0.2) is 60.7 Å². The van der Waals surface area contributed by atoms with Gasteiger partial charge >= 0.3 is 5.97 Å². The molecule has 2 aromatic rings. The lowest BCUT2D eigenvalue weighted by Crippen LogP contribution is -2.41. The zero-order valence-electron chi connectivity index (χ0n) is 17.2. The normalized spacial score (nSPS) is 23.1. The van der Waals surface area contributed by atoms with Crippen molar-refractivity contribution < 1.29 is 14.7 Å². The second-order valence-electron chi connectivity index (χ2n) is 8.45. The maximum absolute atomic E-state index is 13.2. The molecule has 2 fully saturated rings. The van der Waals surface area contributed by atoms with E-state index in [1.54, 1.807) is 4.90 Å². The fraction of sp³-hybridized carbons (Fsp3) is 0.417. The van der Waals surface area contributed by atoms with Crippen LogP contribution >= 0.6 is 12.4 Å². The molecular weight excluding hydrogens is 400 g/mol. The van der Waals surface area contributed by atoms with Crippen molar-refractivity contribution in [1.29, 1.82) is 0 Å². The Morgan fingerprint density at radius 1 is 1.10 bits per heavy atom. The van der Waals surface area contributed by atoms with Gasteiger partial charge in [0.25, 0.3) is 0 Å². The third-order valence-corrected chi connectivity index (χ3v) is 6.74. The smallest absolute Gasteiger partial charge is 0.311 e. The number of carboxylic acids is 1. The minimum atomic E-state index is -0.699. The average molecular weight is 429 g/mol. The van der Waals surface area contributed by atoms with Crippen LogP contribution in [0.2, 0.25) is 0 Å². The van der Waals surface area contributed by atoms with E-state index in [4.69, 9.17) is 0 Å². The van der Waals surface area contributed by atoms with Crippen molar-refractivity contribution in [2.75, 3.05) is 26.7 Å². The van der Waals surface area contributed by atoms with E-state index in [1.165, 1.54) is 0 Å². The highest BCUT2D eigenvalue weighted by Crippen LogP contribution is 2.48. The van der Waals surface area contributed by atoms with Crippen LogP contribution in [0.5, 0.6) is 0 Å². The number of nitrogens with zero attached hydrogens (tertiary/aromatic N) is 2. The minimum absolute atomic E-state index is 0. The monoisotopic (exact) mass is 428 g/mol. The maximum Gasteiger partial charge on any atom is 0.311 e. The number of benzene rings is 2. The van der Waals surface area contributed by atoms with Gasteiger partial charge in [-0.2, -0.15) is 0 Å². The van der Waals surface area contributed by atoms with E-state index in [0.717, 1.165) is 30.4 Å². The van der Waals surface area contributed by atoms with Crippen molar-refractivity contribution in [2.45, 2.75) is 25.3 Å². The van der Waals surface area contributed by atoms with Crippen molar-refractivity contribution in [1.82, 2.24) is 9.80 Å². The van der Waals surface area contributed by atoms with E-state index in [-0.39, 0.29) is 36.8 Å². The van der Waals surface area contributed by atoms with Crippen molar-refractivity contribution in [3.63, 3.8) is 0 Å². The SMILES string of the molecule is CN(C(=O)CN1C[C@@H]2CCC[C@@]2(C(=O)O)C1)C(c1ccccc1)c1ccccc1.Cl. The molecule has 1 aliphatic carbocycles. The predicted octanol–water partition coefficient (Wildman–Crippen LogP) is 3.84. The Hall–Kier alpha value is -2.37. The Morgan fingerprint density at radius 2 is 1.67 bits per heavy atom. The molecule has 1 heterocycles. The van der Waals surface area contributed by atoms with Crippen LogP contribution in [0.4, 0.5) is 0 Å². The number of halogens is 1. The van der Waals surface area contributed by atoms with Gasteiger partial charge < -0.3 is 10.0 Å². The number of rotatable bonds is 6. The van der Waals surface area contributed by atoms with Gasteiger partial charge in [-0.25, -0.2) is 0 Å². The summed E-state index contributed by atoms with van der Waals surface area (Å²) in [6.45, 7) is 1.44. The molecule has 0 spiro atoms. The Balaban J connectivity index is 0.00000256. The van der Waals surface area contributed by atoms with Gasteiger partial charge in [-0.05, 0) is 29.9 Å². The topological polar surface area (TPSA) is 60.9 Å². The average Bonchev–Trinajstić information content (AvgIpc) is 3.28. The Kier molecular flexibility index (Phi) is 6.84. The molecule has 1 amide bonds. The molecule has 0 unspecified atom stereocenters. The quantitative estimate of drug-likeness (QED) is 0.759. The van der Waals surface area contributed by atoms with Gasteiger partial charge in [-0.3, -0.25) is 14.5 Å². The second kappa shape index (κ2) is 9.19. The molecule has 160 valence electrons. The van der Waals surface area contributed by atoms with Gasteiger partial charge in [0.2, 0.25) is 5.91 Å². The van der Waals surface area contributed by atoms with E-state index in [0.29, 0.717) is 13.1 Å². The third-order valence-electron chi connectivity index (χ3n) is 6.74. The van der Waals surface area contributed by atoms with Crippen LogP contribution < -0.4 is 0 Å². The van der Waals surface area contributed by atoms with Crippen molar-refractivity contribution in [3.8, 4) is 0 Å². The highest BCUT2D eigenvalue weighted by Gasteiger charge is 2.54. The van der Waals surface area contributed by atoms with Crippen LogP contribution in [-0.2, 0) is 9.59 Å². The number of fused-ring (bicyclic) bond motifs is 1. The summed E-state index contributed by atoms with van der Waals surface area (Å²) in [5.74, 6) is -0.518. The molecule has 2 aliphatic rings. The summed E-state index contributed by atoms with van der Waals surface area (Å²) < 4.78 is 0. The zero-order valence-corrected chi connectivity index (χ0v) is 18.1. The van der Waals surface area contributed by atoms with E-state index < -0.39 is 11.4 Å². The van der Waals surface area contributed by atoms with Crippen LogP contribution in [0.25, 0.3) is 0 Å². The number of hydrogen-bond acceptors (Lipinski definition) is 3. The van der Waals surface area contributed by atoms with Gasteiger partial charge in [0.15, 0.2) is 0 Å². The lowest BCUT2D eigenvalue weighted by molar-refractivity contribution is -0.149. The zero-order chi connectivity index (χ0) is 20.4. The van der Waals surface area contributed by atoms with Crippen molar-refractivity contribution >= 4 is 24.3 Å². The third kappa shape index (κ3) is 4.09. The van der Waals surface area contributed by atoms with Crippen LogP contribution in [0, 0.1) is 11.3 Å². The number of carbonyl (C=O) groups excluding carboxylic acids is 1. The molecule has 1 aliphatic heterocycles. The molecule has 1 saturated heterocycles. The molecule has 1 N–H and O–H groups in total. The van der Waals surface area contributed by atoms with Crippen LogP contribution in [0.1, 0.15) is 36.4 Å². The maximum atomic E-state index is 13.2. The van der Waals surface area contributed by atoms with Gasteiger partial charge in [0, 0.05) is 20.1 Å². The van der Waals surface area contributed by atoms with Crippen molar-refractivity contribution in [2.24, 2.45) is 11.3 Å². The van der Waals surface area contributed by atoms with Gasteiger partial charge in [-0.1, -0.05) is 67.1 Å². The number of likely N-dealkylation sites (tertiary alicyclic amines) is 1. The molecule has 6 heteroatoms. The summed E-state index contributed by atoms with van der Waals surface area (Å²) in [5.41, 5.74) is 1.47. The lowest BCUT2D eigenvalue weighted by atomic mass is 9.81. The Labute approximate surface area is 184 Å². The number of hydrogen-bond donors (Lipinski definition) is 1. The molecule has 4 rings (SSSR count). The van der Waals surface area contributed by atoms with E-state index in [1.807, 2.05) is 72.6 Å². The molecule has 2 atom stereocenters. The first kappa shape index (κ1) is 22.3. The summed E-state index contributed by atoms with van der Waals surface area (Å²) in [4.78, 5) is 29.0. The molecule has 1 saturated carbocycles. The predicted molar refractivity (Wildman–Crippen MR) is 119 cm³/mol. The molecule has 0 bridgehead atoms. The largest absolute Gasteiger partial charge is 0.481 e. The number of likely N-dealkylation sites (N-methyl/N-ethyl adjacent to an activating group) is 1. The minimum Gasteiger partial charge on any atom is -0.481 e. The first-order chi connectivity index (χ1) is 14.0. The standard InChI is InChI=1S/C24H28N2O3.ClH/c1-25(22(18-9-4-2-5-10-18)19-11-6-3-7-12-19)21(27)16-26-15-20-13-8-14-24(20,17-26)23(28)29;/h2-7,9-12,20,22H,8,13-17H2,1H3,(H,28,29);1H/t20-,24+;/m0./s1. The van der Waals surface area contributed by atoms with Crippen molar-refractivity contribution in [3.05, 3.63) is 71.8 Å². The molecule has 0 aromatic heterocycles. The molecule has 30 heavy (non-hydrogen) atoms. The first-order valence-electron chi connectivity index (χ1n) is 10.3. The molecule has 5 nitrogen and oxygen atoms in total. The van der Waals surface area contributed by atoms with E-state index >= 15 is 0 Å². The number of carbonyl (C=O) groups is 2. The number of aliphatic carboxylic acids is 1. The Morgan fingerprint density at radius 3 is 2.17 bits per heavy atom. The van der Waals surface area contributed by atoms with Gasteiger partial charge in [-0.15, -0.1) is 12.4 Å². The lowest BCUT2D eigenvalue weighted by Gasteiger charge is -2.31. The van der Waals surface area contributed by atoms with Gasteiger partial charge in [0.1, 0.15) is 0 Å².